The molecule has 2 heterocycles. The minimum atomic E-state index is -1.44. The van der Waals surface area contributed by atoms with Crippen LogP contribution in [0.1, 0.15) is 37.1 Å². The molecule has 12 N–H and O–H groups in total. The maximum atomic E-state index is 13.1. The number of nitrogens with two attached hydrogens (primary N) is 3. The van der Waals surface area contributed by atoms with Crippen molar-refractivity contribution < 1.29 is 29.1 Å². The van der Waals surface area contributed by atoms with Gasteiger partial charge in [0.15, 0.2) is 0 Å². The Morgan fingerprint density at radius 3 is 1.92 bits per heavy atom. The van der Waals surface area contributed by atoms with Crippen LogP contribution in [0.5, 0.6) is 0 Å². The van der Waals surface area contributed by atoms with Crippen molar-refractivity contribution in [3.8, 4) is 0 Å². The molecule has 16 nitrogen and oxygen atoms in total. The van der Waals surface area contributed by atoms with Crippen molar-refractivity contribution in [1.29, 1.82) is 0 Å². The second-order valence-corrected chi connectivity index (χ2v) is 8.65. The van der Waals surface area contributed by atoms with E-state index in [2.05, 4.69) is 35.9 Å². The van der Waals surface area contributed by atoms with Crippen molar-refractivity contribution in [3.63, 3.8) is 0 Å². The molecule has 0 aliphatic rings. The standard InChI is InChI=1S/C22H34N10O6/c23-4-2-1-3-15(22(37)38)30-20(35)16(6-13-9-27-11-29-13)32-21(36)17(7-18(25)33)31-19(34)14(24)5-12-8-26-10-28-12/h8-11,14-17H,1-7,23-24H2,(H2,25,33)(H,26,28)(H,27,29)(H,30,35)(H,31,34)(H,32,36)(H,37,38). The summed E-state index contributed by atoms with van der Waals surface area (Å²) in [5.41, 5.74) is 17.7. The van der Waals surface area contributed by atoms with Crippen molar-refractivity contribution >= 4 is 29.6 Å². The summed E-state index contributed by atoms with van der Waals surface area (Å²) in [4.78, 5) is 75.4. The molecule has 2 aromatic heterocycles. The molecule has 0 radical (unpaired) electrons. The number of aliphatic carboxylic acids is 1. The van der Waals surface area contributed by atoms with Crippen molar-refractivity contribution in [3.05, 3.63) is 36.4 Å². The molecule has 0 saturated carbocycles. The quantitative estimate of drug-likeness (QED) is 0.0915. The number of rotatable bonds is 17. The summed E-state index contributed by atoms with van der Waals surface area (Å²) < 4.78 is 0. The number of carboxylic acids is 1. The molecule has 0 aliphatic heterocycles. The number of carboxylic acid groups (broad SMARTS) is 1. The monoisotopic (exact) mass is 534 g/mol. The van der Waals surface area contributed by atoms with E-state index < -0.39 is 60.2 Å². The van der Waals surface area contributed by atoms with E-state index in [1.165, 1.54) is 25.0 Å². The van der Waals surface area contributed by atoms with Crippen LogP contribution in [-0.2, 0) is 36.8 Å². The fourth-order valence-corrected chi connectivity index (χ4v) is 3.54. The zero-order valence-corrected chi connectivity index (χ0v) is 20.7. The number of H-pyrrole nitrogens is 2. The second kappa shape index (κ2) is 15.1. The van der Waals surface area contributed by atoms with E-state index in [9.17, 15) is 29.1 Å². The van der Waals surface area contributed by atoms with Gasteiger partial charge in [-0.3, -0.25) is 19.2 Å². The van der Waals surface area contributed by atoms with E-state index in [0.717, 1.165) is 0 Å². The maximum absolute atomic E-state index is 13.1. The highest BCUT2D eigenvalue weighted by Crippen LogP contribution is 2.06. The van der Waals surface area contributed by atoms with Gasteiger partial charge in [-0.2, -0.15) is 0 Å². The Morgan fingerprint density at radius 2 is 1.39 bits per heavy atom. The topological polar surface area (TPSA) is 277 Å². The van der Waals surface area contributed by atoms with Crippen molar-refractivity contribution in [2.75, 3.05) is 6.54 Å². The van der Waals surface area contributed by atoms with Gasteiger partial charge in [0, 0.05) is 36.6 Å². The summed E-state index contributed by atoms with van der Waals surface area (Å²) in [6.45, 7) is 0.372. The SMILES string of the molecule is NCCCCC(NC(=O)C(Cc1cnc[nH]1)NC(=O)C(CC(N)=O)NC(=O)C(N)Cc1cnc[nH]1)C(=O)O. The number of amides is 4. The molecule has 4 amide bonds. The summed E-state index contributed by atoms with van der Waals surface area (Å²) >= 11 is 0. The van der Waals surface area contributed by atoms with Crippen LogP contribution in [-0.4, -0.2) is 85.4 Å². The van der Waals surface area contributed by atoms with Gasteiger partial charge in [0.2, 0.25) is 23.6 Å². The van der Waals surface area contributed by atoms with E-state index >= 15 is 0 Å². The van der Waals surface area contributed by atoms with Crippen molar-refractivity contribution in [2.24, 2.45) is 17.2 Å². The molecule has 4 atom stereocenters. The number of carbonyl (C=O) groups is 5. The minimum Gasteiger partial charge on any atom is -0.480 e. The van der Waals surface area contributed by atoms with E-state index in [-0.39, 0.29) is 19.3 Å². The van der Waals surface area contributed by atoms with Crippen molar-refractivity contribution in [1.82, 2.24) is 35.9 Å². The fraction of sp³-hybridized carbons (Fsp3) is 0.500. The first-order valence-corrected chi connectivity index (χ1v) is 11.9. The van der Waals surface area contributed by atoms with Gasteiger partial charge in [-0.05, 0) is 25.8 Å². The van der Waals surface area contributed by atoms with Gasteiger partial charge < -0.3 is 48.2 Å². The Kier molecular flexibility index (Phi) is 11.9. The highest BCUT2D eigenvalue weighted by Gasteiger charge is 2.31. The summed E-state index contributed by atoms with van der Waals surface area (Å²) in [5.74, 6) is -4.53. The van der Waals surface area contributed by atoms with Crippen LogP contribution in [0.15, 0.2) is 25.0 Å². The van der Waals surface area contributed by atoms with Crippen LogP contribution in [0.25, 0.3) is 0 Å². The third kappa shape index (κ3) is 9.98. The number of aromatic nitrogens is 4. The number of aromatic amines is 2. The van der Waals surface area contributed by atoms with Crippen molar-refractivity contribution in [2.45, 2.75) is 62.7 Å². The van der Waals surface area contributed by atoms with E-state index in [1.54, 1.807) is 0 Å². The summed E-state index contributed by atoms with van der Waals surface area (Å²) in [6, 6.07) is -5.00. The lowest BCUT2D eigenvalue weighted by Gasteiger charge is -2.24. The molecule has 38 heavy (non-hydrogen) atoms. The predicted molar refractivity (Wildman–Crippen MR) is 133 cm³/mol. The molecule has 16 heteroatoms. The van der Waals surface area contributed by atoms with Crippen LogP contribution >= 0.6 is 0 Å². The van der Waals surface area contributed by atoms with Gasteiger partial charge in [-0.15, -0.1) is 0 Å². The first kappa shape index (κ1) is 29.9. The van der Waals surface area contributed by atoms with E-state index in [0.29, 0.717) is 30.8 Å². The van der Waals surface area contributed by atoms with Gasteiger partial charge in [0.05, 0.1) is 25.1 Å². The third-order valence-corrected chi connectivity index (χ3v) is 5.54. The summed E-state index contributed by atoms with van der Waals surface area (Å²) in [5, 5.41) is 16.8. The van der Waals surface area contributed by atoms with E-state index in [4.69, 9.17) is 17.2 Å². The van der Waals surface area contributed by atoms with E-state index in [1.807, 2.05) is 0 Å². The summed E-state index contributed by atoms with van der Waals surface area (Å²) in [6.07, 6.45) is 6.32. The first-order chi connectivity index (χ1) is 18.1. The highest BCUT2D eigenvalue weighted by atomic mass is 16.4. The maximum Gasteiger partial charge on any atom is 0.326 e. The van der Waals surface area contributed by atoms with Crippen LogP contribution in [0.4, 0.5) is 0 Å². The van der Waals surface area contributed by atoms with Crippen LogP contribution in [0.2, 0.25) is 0 Å². The molecule has 0 aliphatic carbocycles. The fourth-order valence-electron chi connectivity index (χ4n) is 3.54. The number of imidazole rings is 2. The zero-order chi connectivity index (χ0) is 28.1. The average Bonchev–Trinajstić information content (AvgIpc) is 3.56. The molecule has 0 spiro atoms. The lowest BCUT2D eigenvalue weighted by Crippen LogP contribution is -2.58. The van der Waals surface area contributed by atoms with Crippen LogP contribution < -0.4 is 33.2 Å². The average molecular weight is 535 g/mol. The lowest BCUT2D eigenvalue weighted by atomic mass is 10.1. The molecule has 0 aromatic carbocycles. The molecule has 2 rings (SSSR count). The Morgan fingerprint density at radius 1 is 0.842 bits per heavy atom. The van der Waals surface area contributed by atoms with Gasteiger partial charge >= 0.3 is 5.97 Å². The Labute approximate surface area is 217 Å². The second-order valence-electron chi connectivity index (χ2n) is 8.65. The molecular weight excluding hydrogens is 500 g/mol. The first-order valence-electron chi connectivity index (χ1n) is 11.9. The minimum absolute atomic E-state index is 0.0801. The summed E-state index contributed by atoms with van der Waals surface area (Å²) in [7, 11) is 0. The molecule has 2 aromatic rings. The van der Waals surface area contributed by atoms with Gasteiger partial charge in [-0.1, -0.05) is 0 Å². The number of hydrogen-bond acceptors (Lipinski definition) is 9. The highest BCUT2D eigenvalue weighted by molar-refractivity contribution is 5.96. The Balaban J connectivity index is 2.14. The Bertz CT molecular complexity index is 1060. The molecule has 0 saturated heterocycles. The lowest BCUT2D eigenvalue weighted by molar-refractivity contribution is -0.142. The number of primary amides is 1. The van der Waals surface area contributed by atoms with Crippen LogP contribution in [0.3, 0.4) is 0 Å². The molecular formula is C22H34N10O6. The number of unbranched alkanes of at least 4 members (excludes halogenated alkanes) is 1. The predicted octanol–water partition coefficient (Wildman–Crippen LogP) is -3.21. The van der Waals surface area contributed by atoms with Gasteiger partial charge in [0.25, 0.3) is 0 Å². The third-order valence-electron chi connectivity index (χ3n) is 5.54. The number of nitrogens with one attached hydrogen (secondary N) is 5. The molecule has 4 unspecified atom stereocenters. The Hall–Kier alpha value is -4.31. The molecule has 208 valence electrons. The largest absolute Gasteiger partial charge is 0.480 e. The van der Waals surface area contributed by atoms with Gasteiger partial charge in [0.1, 0.15) is 18.1 Å². The smallest absolute Gasteiger partial charge is 0.326 e. The zero-order valence-electron chi connectivity index (χ0n) is 20.7. The van der Waals surface area contributed by atoms with Crippen LogP contribution in [0, 0.1) is 0 Å². The normalized spacial score (nSPS) is 14.1. The van der Waals surface area contributed by atoms with Gasteiger partial charge in [-0.25, -0.2) is 14.8 Å². The molecule has 0 fully saturated rings. The number of nitrogens with zero attached hydrogens (tertiary/aromatic N) is 2. The molecule has 0 bridgehead atoms. The number of hydrogen-bond donors (Lipinski definition) is 9. The number of carbonyl (C=O) groups excluding carboxylic acids is 4.